The van der Waals surface area contributed by atoms with Gasteiger partial charge in [0.1, 0.15) is 0 Å². The fraction of sp³-hybridized carbons (Fsp3) is 0.267. The van der Waals surface area contributed by atoms with Crippen LogP contribution in [0.25, 0.3) is 10.8 Å². The molecule has 0 spiro atoms. The molecule has 0 bridgehead atoms. The second-order valence-electron chi connectivity index (χ2n) is 4.70. The summed E-state index contributed by atoms with van der Waals surface area (Å²) in [6, 6.07) is 14.5. The molecular formula is C15H17N3. The second-order valence-corrected chi connectivity index (χ2v) is 4.70. The zero-order chi connectivity index (χ0) is 12.4. The van der Waals surface area contributed by atoms with Crippen LogP contribution in [0.2, 0.25) is 0 Å². The van der Waals surface area contributed by atoms with Gasteiger partial charge in [-0.1, -0.05) is 30.3 Å². The van der Waals surface area contributed by atoms with Gasteiger partial charge in [-0.05, 0) is 35.7 Å². The minimum Gasteiger partial charge on any atom is -0.369 e. The van der Waals surface area contributed by atoms with Gasteiger partial charge in [0.2, 0.25) is 0 Å². The highest BCUT2D eigenvalue weighted by atomic mass is 15.3. The number of rotatable bonds is 1. The minimum atomic E-state index is 0.641. The molecule has 0 radical (unpaired) electrons. The van der Waals surface area contributed by atoms with Crippen molar-refractivity contribution in [3.05, 3.63) is 42.5 Å². The van der Waals surface area contributed by atoms with E-state index in [-0.39, 0.29) is 0 Å². The van der Waals surface area contributed by atoms with E-state index >= 15 is 0 Å². The second kappa shape index (κ2) is 4.69. The Morgan fingerprint density at radius 2 is 1.72 bits per heavy atom. The van der Waals surface area contributed by atoms with Gasteiger partial charge in [-0.2, -0.15) is 0 Å². The molecule has 0 amide bonds. The minimum absolute atomic E-state index is 0.641. The highest BCUT2D eigenvalue weighted by Gasteiger charge is 2.13. The third-order valence-corrected chi connectivity index (χ3v) is 3.41. The predicted octanol–water partition coefficient (Wildman–Crippen LogP) is 2.88. The zero-order valence-corrected chi connectivity index (χ0v) is 10.3. The van der Waals surface area contributed by atoms with Crippen LogP contribution >= 0.6 is 0 Å². The molecule has 0 atom stereocenters. The van der Waals surface area contributed by atoms with Gasteiger partial charge in [0.15, 0.2) is 5.96 Å². The average Bonchev–Trinajstić information content (AvgIpc) is 2.92. The molecule has 1 heterocycles. The molecule has 1 fully saturated rings. The van der Waals surface area contributed by atoms with Crippen LogP contribution in [0, 0.1) is 0 Å². The standard InChI is InChI=1S/C15H17N3/c16-15(18-9-3-4-10-18)17-14-8-7-12-5-1-2-6-13(12)11-14/h1-2,5-8,11H,3-4,9-10H2,(H2,16,17). The van der Waals surface area contributed by atoms with Crippen LogP contribution in [-0.2, 0) is 0 Å². The first-order chi connectivity index (χ1) is 8.83. The van der Waals surface area contributed by atoms with Crippen molar-refractivity contribution < 1.29 is 0 Å². The maximum absolute atomic E-state index is 6.03. The predicted molar refractivity (Wildman–Crippen MR) is 76.0 cm³/mol. The van der Waals surface area contributed by atoms with Gasteiger partial charge in [0.05, 0.1) is 5.69 Å². The lowest BCUT2D eigenvalue weighted by molar-refractivity contribution is 0.513. The van der Waals surface area contributed by atoms with Gasteiger partial charge in [-0.15, -0.1) is 0 Å². The monoisotopic (exact) mass is 239 g/mol. The van der Waals surface area contributed by atoms with Gasteiger partial charge in [0, 0.05) is 13.1 Å². The fourth-order valence-corrected chi connectivity index (χ4v) is 2.40. The van der Waals surface area contributed by atoms with Crippen molar-refractivity contribution in [1.82, 2.24) is 4.90 Å². The number of benzene rings is 2. The van der Waals surface area contributed by atoms with Crippen molar-refractivity contribution >= 4 is 22.4 Å². The Kier molecular flexibility index (Phi) is 2.89. The lowest BCUT2D eigenvalue weighted by atomic mass is 10.1. The van der Waals surface area contributed by atoms with E-state index < -0.39 is 0 Å². The first kappa shape index (κ1) is 11.1. The van der Waals surface area contributed by atoms with E-state index in [9.17, 15) is 0 Å². The number of nitrogens with zero attached hydrogens (tertiary/aromatic N) is 2. The Morgan fingerprint density at radius 1 is 1.00 bits per heavy atom. The number of hydrogen-bond donors (Lipinski definition) is 1. The first-order valence-corrected chi connectivity index (χ1v) is 6.41. The number of nitrogens with two attached hydrogens (primary N) is 1. The van der Waals surface area contributed by atoms with E-state index in [4.69, 9.17) is 5.73 Å². The van der Waals surface area contributed by atoms with Gasteiger partial charge in [-0.25, -0.2) is 4.99 Å². The van der Waals surface area contributed by atoms with Crippen molar-refractivity contribution in [2.24, 2.45) is 10.7 Å². The number of aliphatic imine (C=N–C) groups is 1. The fourth-order valence-electron chi connectivity index (χ4n) is 2.40. The molecule has 3 nitrogen and oxygen atoms in total. The average molecular weight is 239 g/mol. The Hall–Kier alpha value is -2.03. The molecular weight excluding hydrogens is 222 g/mol. The molecule has 1 aliphatic heterocycles. The molecule has 2 aromatic rings. The number of guanidine groups is 1. The van der Waals surface area contributed by atoms with Crippen LogP contribution in [0.15, 0.2) is 47.5 Å². The van der Waals surface area contributed by atoms with Crippen LogP contribution in [0.3, 0.4) is 0 Å². The van der Waals surface area contributed by atoms with Crippen LogP contribution in [0.4, 0.5) is 5.69 Å². The molecule has 1 aliphatic rings. The van der Waals surface area contributed by atoms with E-state index in [1.54, 1.807) is 0 Å². The quantitative estimate of drug-likeness (QED) is 0.614. The highest BCUT2D eigenvalue weighted by Crippen LogP contribution is 2.21. The molecule has 2 N–H and O–H groups in total. The van der Waals surface area contributed by atoms with Crippen molar-refractivity contribution in [2.45, 2.75) is 12.8 Å². The van der Waals surface area contributed by atoms with Crippen molar-refractivity contribution in [2.75, 3.05) is 13.1 Å². The van der Waals surface area contributed by atoms with Crippen LogP contribution in [0.1, 0.15) is 12.8 Å². The number of likely N-dealkylation sites (tertiary alicyclic amines) is 1. The maximum Gasteiger partial charge on any atom is 0.196 e. The topological polar surface area (TPSA) is 41.6 Å². The molecule has 0 aliphatic carbocycles. The zero-order valence-electron chi connectivity index (χ0n) is 10.3. The summed E-state index contributed by atoms with van der Waals surface area (Å²) in [5, 5.41) is 2.43. The van der Waals surface area contributed by atoms with E-state index in [0.29, 0.717) is 5.96 Å². The molecule has 0 saturated carbocycles. The van der Waals surface area contributed by atoms with E-state index in [1.807, 2.05) is 18.2 Å². The summed E-state index contributed by atoms with van der Waals surface area (Å²) in [5.74, 6) is 0.641. The molecule has 3 rings (SSSR count). The Morgan fingerprint density at radius 3 is 2.50 bits per heavy atom. The van der Waals surface area contributed by atoms with Crippen LogP contribution < -0.4 is 5.73 Å². The van der Waals surface area contributed by atoms with Crippen molar-refractivity contribution in [3.63, 3.8) is 0 Å². The summed E-state index contributed by atoms with van der Waals surface area (Å²) in [5.41, 5.74) is 6.96. The van der Waals surface area contributed by atoms with E-state index in [1.165, 1.54) is 23.6 Å². The van der Waals surface area contributed by atoms with Crippen molar-refractivity contribution in [1.29, 1.82) is 0 Å². The summed E-state index contributed by atoms with van der Waals surface area (Å²) in [6.45, 7) is 2.06. The number of hydrogen-bond acceptors (Lipinski definition) is 1. The van der Waals surface area contributed by atoms with Gasteiger partial charge in [-0.3, -0.25) is 0 Å². The lowest BCUT2D eigenvalue weighted by Crippen LogP contribution is -2.34. The number of fused-ring (bicyclic) bond motifs is 1. The SMILES string of the molecule is NC(=Nc1ccc2ccccc2c1)N1CCCC1. The van der Waals surface area contributed by atoms with Crippen LogP contribution in [-0.4, -0.2) is 23.9 Å². The van der Waals surface area contributed by atoms with Gasteiger partial charge < -0.3 is 10.6 Å². The summed E-state index contributed by atoms with van der Waals surface area (Å²) >= 11 is 0. The molecule has 92 valence electrons. The highest BCUT2D eigenvalue weighted by molar-refractivity contribution is 5.87. The summed E-state index contributed by atoms with van der Waals surface area (Å²) in [7, 11) is 0. The summed E-state index contributed by atoms with van der Waals surface area (Å²) in [4.78, 5) is 6.66. The maximum atomic E-state index is 6.03. The third kappa shape index (κ3) is 2.16. The largest absolute Gasteiger partial charge is 0.369 e. The third-order valence-electron chi connectivity index (χ3n) is 3.41. The Labute approximate surface area is 107 Å². The normalized spacial score (nSPS) is 16.4. The Balaban J connectivity index is 1.91. The smallest absolute Gasteiger partial charge is 0.196 e. The Bertz CT molecular complexity index is 583. The first-order valence-electron chi connectivity index (χ1n) is 6.41. The molecule has 18 heavy (non-hydrogen) atoms. The van der Waals surface area contributed by atoms with Gasteiger partial charge >= 0.3 is 0 Å². The van der Waals surface area contributed by atoms with Gasteiger partial charge in [0.25, 0.3) is 0 Å². The summed E-state index contributed by atoms with van der Waals surface area (Å²) in [6.07, 6.45) is 2.43. The molecule has 2 aromatic carbocycles. The van der Waals surface area contributed by atoms with Crippen molar-refractivity contribution in [3.8, 4) is 0 Å². The molecule has 0 aromatic heterocycles. The van der Waals surface area contributed by atoms with Crippen LogP contribution in [0.5, 0.6) is 0 Å². The lowest BCUT2D eigenvalue weighted by Gasteiger charge is -2.15. The molecule has 3 heteroatoms. The van der Waals surface area contributed by atoms with E-state index in [2.05, 4.69) is 34.2 Å². The molecule has 0 unspecified atom stereocenters. The summed E-state index contributed by atoms with van der Waals surface area (Å²) < 4.78 is 0. The molecule has 1 saturated heterocycles. The van der Waals surface area contributed by atoms with E-state index in [0.717, 1.165) is 18.8 Å².